The Morgan fingerprint density at radius 3 is 2.72 bits per heavy atom. The number of ether oxygens (including phenoxy) is 2. The largest absolute Gasteiger partial charge is 0.483 e. The van der Waals surface area contributed by atoms with E-state index in [1.807, 2.05) is 29.2 Å². The van der Waals surface area contributed by atoms with Crippen molar-refractivity contribution in [3.05, 3.63) is 45.6 Å². The van der Waals surface area contributed by atoms with E-state index in [4.69, 9.17) is 9.47 Å². The molecule has 1 saturated carbocycles. The average molecular weight is 503 g/mol. The van der Waals surface area contributed by atoms with Crippen molar-refractivity contribution in [2.75, 3.05) is 39.4 Å². The molecule has 1 aliphatic carbocycles. The predicted octanol–water partition coefficient (Wildman–Crippen LogP) is 3.71. The van der Waals surface area contributed by atoms with Crippen molar-refractivity contribution in [2.45, 2.75) is 44.8 Å². The van der Waals surface area contributed by atoms with E-state index in [0.29, 0.717) is 23.8 Å². The van der Waals surface area contributed by atoms with Crippen molar-refractivity contribution in [3.8, 4) is 0 Å². The van der Waals surface area contributed by atoms with E-state index in [1.165, 1.54) is 0 Å². The SMILES string of the molecule is CC1CCC2OC3=C(C(=O)C2C1)C(c1cccc(Br)c1)N(CCCN1CCOCC1)C3=O. The van der Waals surface area contributed by atoms with E-state index in [2.05, 4.69) is 27.8 Å². The highest BCUT2D eigenvalue weighted by Crippen LogP contribution is 2.47. The first-order chi connectivity index (χ1) is 15.5. The first-order valence-corrected chi connectivity index (χ1v) is 12.6. The monoisotopic (exact) mass is 502 g/mol. The molecule has 1 aromatic rings. The Balaban J connectivity index is 1.42. The number of halogens is 1. The number of carbonyl (C=O) groups is 2. The molecule has 172 valence electrons. The van der Waals surface area contributed by atoms with Gasteiger partial charge in [0, 0.05) is 30.7 Å². The highest BCUT2D eigenvalue weighted by atomic mass is 79.9. The van der Waals surface area contributed by atoms with Crippen molar-refractivity contribution < 1.29 is 19.1 Å². The number of Topliss-reactive ketones (excluding diaryl/α,β-unsaturated/α-hetero) is 1. The molecule has 0 radical (unpaired) electrons. The lowest BCUT2D eigenvalue weighted by Gasteiger charge is -2.37. The van der Waals surface area contributed by atoms with Crippen LogP contribution < -0.4 is 0 Å². The van der Waals surface area contributed by atoms with Crippen molar-refractivity contribution in [1.29, 1.82) is 0 Å². The van der Waals surface area contributed by atoms with Crippen LogP contribution in [0.25, 0.3) is 0 Å². The number of amides is 1. The van der Waals surface area contributed by atoms with Crippen LogP contribution in [-0.4, -0.2) is 67.0 Å². The van der Waals surface area contributed by atoms with E-state index in [-0.39, 0.29) is 29.8 Å². The quantitative estimate of drug-likeness (QED) is 0.614. The molecule has 1 aromatic carbocycles. The Hall–Kier alpha value is -1.70. The Labute approximate surface area is 198 Å². The number of hydrogen-bond acceptors (Lipinski definition) is 5. The topological polar surface area (TPSA) is 59.1 Å². The molecule has 2 fully saturated rings. The van der Waals surface area contributed by atoms with Crippen LogP contribution in [0, 0.1) is 11.8 Å². The van der Waals surface area contributed by atoms with E-state index in [9.17, 15) is 9.59 Å². The Morgan fingerprint density at radius 2 is 1.94 bits per heavy atom. The summed E-state index contributed by atoms with van der Waals surface area (Å²) < 4.78 is 12.7. The molecule has 4 atom stereocenters. The third-order valence-corrected chi connectivity index (χ3v) is 7.84. The van der Waals surface area contributed by atoms with Crippen molar-refractivity contribution in [3.63, 3.8) is 0 Å². The van der Waals surface area contributed by atoms with Gasteiger partial charge in [0.15, 0.2) is 11.5 Å². The number of rotatable bonds is 5. The maximum Gasteiger partial charge on any atom is 0.290 e. The summed E-state index contributed by atoms with van der Waals surface area (Å²) in [4.78, 5) is 31.5. The minimum Gasteiger partial charge on any atom is -0.483 e. The molecule has 5 rings (SSSR count). The lowest BCUT2D eigenvalue weighted by Crippen LogP contribution is -2.41. The highest BCUT2D eigenvalue weighted by Gasteiger charge is 2.52. The maximum absolute atomic E-state index is 13.7. The van der Waals surface area contributed by atoms with Crippen molar-refractivity contribution >= 4 is 27.6 Å². The van der Waals surface area contributed by atoms with Crippen LogP contribution >= 0.6 is 15.9 Å². The van der Waals surface area contributed by atoms with E-state index in [1.54, 1.807) is 0 Å². The first-order valence-electron chi connectivity index (χ1n) is 11.8. The number of benzene rings is 1. The maximum atomic E-state index is 13.7. The third-order valence-electron chi connectivity index (χ3n) is 7.35. The molecule has 7 heteroatoms. The fourth-order valence-electron chi connectivity index (χ4n) is 5.67. The second-order valence-corrected chi connectivity index (χ2v) is 10.5. The zero-order valence-corrected chi connectivity index (χ0v) is 20.2. The van der Waals surface area contributed by atoms with Gasteiger partial charge in [-0.15, -0.1) is 0 Å². The van der Waals surface area contributed by atoms with E-state index in [0.717, 1.165) is 68.6 Å². The Morgan fingerprint density at radius 1 is 1.12 bits per heavy atom. The van der Waals surface area contributed by atoms with Crippen molar-refractivity contribution in [1.82, 2.24) is 9.80 Å². The van der Waals surface area contributed by atoms with Crippen LogP contribution in [0.3, 0.4) is 0 Å². The lowest BCUT2D eigenvalue weighted by molar-refractivity contribution is -0.136. The summed E-state index contributed by atoms with van der Waals surface area (Å²) in [5, 5.41) is 0. The van der Waals surface area contributed by atoms with Crippen LogP contribution in [0.5, 0.6) is 0 Å². The average Bonchev–Trinajstić information content (AvgIpc) is 3.07. The van der Waals surface area contributed by atoms with Gasteiger partial charge in [0.2, 0.25) is 0 Å². The number of ketones is 1. The Kier molecular flexibility index (Phi) is 6.41. The number of hydrogen-bond donors (Lipinski definition) is 0. The van der Waals surface area contributed by atoms with Crippen molar-refractivity contribution in [2.24, 2.45) is 11.8 Å². The van der Waals surface area contributed by atoms with Crippen LogP contribution in [0.1, 0.15) is 44.2 Å². The van der Waals surface area contributed by atoms with Gasteiger partial charge >= 0.3 is 0 Å². The molecule has 3 heterocycles. The van der Waals surface area contributed by atoms with Crippen LogP contribution in [0.2, 0.25) is 0 Å². The van der Waals surface area contributed by atoms with Gasteiger partial charge in [-0.25, -0.2) is 0 Å². The predicted molar refractivity (Wildman–Crippen MR) is 124 cm³/mol. The minimum absolute atomic E-state index is 0.122. The molecular weight excluding hydrogens is 472 g/mol. The number of nitrogens with zero attached hydrogens (tertiary/aromatic N) is 2. The molecule has 1 amide bonds. The van der Waals surface area contributed by atoms with Gasteiger partial charge in [0.25, 0.3) is 5.91 Å². The van der Waals surface area contributed by atoms with Crippen LogP contribution in [0.15, 0.2) is 40.1 Å². The minimum atomic E-state index is -0.370. The molecule has 32 heavy (non-hydrogen) atoms. The molecule has 0 bridgehead atoms. The summed E-state index contributed by atoms with van der Waals surface area (Å²) >= 11 is 3.56. The molecule has 0 aromatic heterocycles. The van der Waals surface area contributed by atoms with Gasteiger partial charge in [-0.1, -0.05) is 35.0 Å². The van der Waals surface area contributed by atoms with Crippen LogP contribution in [-0.2, 0) is 19.1 Å². The zero-order chi connectivity index (χ0) is 22.2. The highest BCUT2D eigenvalue weighted by molar-refractivity contribution is 9.10. The molecule has 4 aliphatic rings. The van der Waals surface area contributed by atoms with E-state index >= 15 is 0 Å². The fourth-order valence-corrected chi connectivity index (χ4v) is 6.08. The summed E-state index contributed by atoms with van der Waals surface area (Å²) in [5.41, 5.74) is 1.54. The van der Waals surface area contributed by atoms with Gasteiger partial charge in [0.1, 0.15) is 6.10 Å². The fraction of sp³-hybridized carbons (Fsp3) is 0.600. The van der Waals surface area contributed by atoms with Gasteiger partial charge in [-0.2, -0.15) is 0 Å². The lowest BCUT2D eigenvalue weighted by atomic mass is 9.74. The summed E-state index contributed by atoms with van der Waals surface area (Å²) in [7, 11) is 0. The summed E-state index contributed by atoms with van der Waals surface area (Å²) in [6.07, 6.45) is 3.44. The molecular formula is C25H31BrN2O4. The molecule has 6 nitrogen and oxygen atoms in total. The van der Waals surface area contributed by atoms with Gasteiger partial charge in [-0.05, 0) is 49.3 Å². The molecule has 0 spiro atoms. The summed E-state index contributed by atoms with van der Waals surface area (Å²) in [5.74, 6) is 0.682. The smallest absolute Gasteiger partial charge is 0.290 e. The Bertz CT molecular complexity index is 926. The standard InChI is InChI=1S/C25H31BrN2O4/c1-16-6-7-20-19(14-16)23(29)21-22(17-4-2-5-18(26)15-17)28(25(30)24(21)32-20)9-3-8-27-10-12-31-13-11-27/h2,4-5,15-16,19-20,22H,3,6-14H2,1H3. The normalized spacial score (nSPS) is 30.9. The summed E-state index contributed by atoms with van der Waals surface area (Å²) in [6, 6.07) is 7.59. The number of carbonyl (C=O) groups excluding carboxylic acids is 2. The third kappa shape index (κ3) is 4.15. The van der Waals surface area contributed by atoms with Gasteiger partial charge in [0.05, 0.1) is 30.7 Å². The molecule has 0 N–H and O–H groups in total. The first kappa shape index (κ1) is 22.1. The summed E-state index contributed by atoms with van der Waals surface area (Å²) in [6.45, 7) is 7.12. The number of fused-ring (bicyclic) bond motifs is 1. The van der Waals surface area contributed by atoms with Gasteiger partial charge in [-0.3, -0.25) is 14.5 Å². The second kappa shape index (κ2) is 9.27. The molecule has 4 unspecified atom stereocenters. The number of morpholine rings is 1. The molecule has 3 aliphatic heterocycles. The second-order valence-electron chi connectivity index (χ2n) is 9.55. The van der Waals surface area contributed by atoms with Gasteiger partial charge < -0.3 is 14.4 Å². The van der Waals surface area contributed by atoms with E-state index < -0.39 is 0 Å². The van der Waals surface area contributed by atoms with Crippen LogP contribution in [0.4, 0.5) is 0 Å². The molecule has 1 saturated heterocycles. The zero-order valence-electron chi connectivity index (χ0n) is 18.6.